The Bertz CT molecular complexity index is 1210. The number of anilines is 2. The van der Waals surface area contributed by atoms with Gasteiger partial charge in [-0.2, -0.15) is 0 Å². The second kappa shape index (κ2) is 18.7. The molecule has 0 aromatic heterocycles. The van der Waals surface area contributed by atoms with Crippen LogP contribution in [-0.2, 0) is 28.8 Å². The maximum absolute atomic E-state index is 12.4. The molecule has 0 saturated heterocycles. The number of rotatable bonds is 10. The van der Waals surface area contributed by atoms with Gasteiger partial charge in [-0.25, -0.2) is 0 Å². The Balaban J connectivity index is 0.000000802. The molecule has 0 aliphatic heterocycles. The number of thioether (sulfide) groups is 2. The Kier molecular flexibility index (Phi) is 17.5. The van der Waals surface area contributed by atoms with E-state index in [1.165, 1.54) is 37.5 Å². The third-order valence-corrected chi connectivity index (χ3v) is 7.75. The Morgan fingerprint density at radius 1 is 0.628 bits per heavy atom. The van der Waals surface area contributed by atoms with E-state index in [0.29, 0.717) is 11.4 Å². The number of aliphatic carboxylic acids is 2. The fourth-order valence-corrected chi connectivity index (χ4v) is 5.05. The zero-order valence-corrected chi connectivity index (χ0v) is 28.8. The summed E-state index contributed by atoms with van der Waals surface area (Å²) < 4.78 is 0. The van der Waals surface area contributed by atoms with E-state index in [4.69, 9.17) is 0 Å². The molecule has 0 radical (unpaired) electrons. The number of carboxylic acids is 2. The number of carboxylic acid groups (broad SMARTS) is 2. The van der Waals surface area contributed by atoms with Crippen LogP contribution in [0.5, 0.6) is 0 Å². The van der Waals surface area contributed by atoms with Gasteiger partial charge in [0.15, 0.2) is 10.2 Å². The maximum atomic E-state index is 12.4. The standard InChI is InChI=1S/2C15H19NO4S.Mg/c2*1-9-6-5-7-10(2)14(9)16(11(3)15(19)20)13(18)8-21-12(4)17;/h2*5-7,11H,8H2,1-4H3,(H,19,20);/q;;+2/p-2. The van der Waals surface area contributed by atoms with Gasteiger partial charge in [0.25, 0.3) is 0 Å². The third-order valence-electron chi connectivity index (χ3n) is 6.15. The summed E-state index contributed by atoms with van der Waals surface area (Å²) in [6.45, 7) is 12.8. The Labute approximate surface area is 277 Å². The van der Waals surface area contributed by atoms with Gasteiger partial charge in [0, 0.05) is 13.8 Å². The normalized spacial score (nSPS) is 11.5. The number of amides is 2. The number of carbonyl (C=O) groups is 6. The van der Waals surface area contributed by atoms with E-state index >= 15 is 0 Å². The number of carbonyl (C=O) groups excluding carboxylic acids is 6. The molecular weight excluding hydrogens is 605 g/mol. The minimum absolute atomic E-state index is 0. The molecular formula is C30H36MgN2O8S2. The van der Waals surface area contributed by atoms with Gasteiger partial charge >= 0.3 is 23.1 Å². The maximum Gasteiger partial charge on any atom is 2.00 e. The molecule has 0 N–H and O–H groups in total. The molecule has 2 amide bonds. The molecule has 2 atom stereocenters. The molecule has 2 aromatic rings. The van der Waals surface area contributed by atoms with Crippen molar-refractivity contribution in [3.8, 4) is 0 Å². The summed E-state index contributed by atoms with van der Waals surface area (Å²) in [4.78, 5) is 71.5. The van der Waals surface area contributed by atoms with Crippen molar-refractivity contribution in [3.63, 3.8) is 0 Å². The minimum atomic E-state index is -1.33. The Morgan fingerprint density at radius 2 is 0.884 bits per heavy atom. The quantitative estimate of drug-likeness (QED) is 0.351. The van der Waals surface area contributed by atoms with Crippen molar-refractivity contribution >= 4 is 91.9 Å². The van der Waals surface area contributed by atoms with Crippen molar-refractivity contribution in [2.24, 2.45) is 0 Å². The SMILES string of the molecule is CC(=O)SCC(=O)N(c1c(C)cccc1C)C(C)C(=O)[O-].CC(=O)SCC(=O)N(c1c(C)cccc1C)C(C)C(=O)[O-].[Mg+2]. The van der Waals surface area contributed by atoms with Crippen molar-refractivity contribution in [2.45, 2.75) is 67.5 Å². The summed E-state index contributed by atoms with van der Waals surface area (Å²) >= 11 is 1.72. The molecule has 10 nitrogen and oxygen atoms in total. The predicted octanol–water partition coefficient (Wildman–Crippen LogP) is 1.73. The van der Waals surface area contributed by atoms with Crippen LogP contribution in [0.15, 0.2) is 36.4 Å². The van der Waals surface area contributed by atoms with E-state index in [1.807, 2.05) is 64.1 Å². The molecule has 0 aliphatic carbocycles. The van der Waals surface area contributed by atoms with E-state index in [0.717, 1.165) is 45.8 Å². The summed E-state index contributed by atoms with van der Waals surface area (Å²) in [6, 6.07) is 8.70. The number of nitrogens with zero attached hydrogens (tertiary/aromatic N) is 2. The second-order valence-electron chi connectivity index (χ2n) is 9.56. The number of para-hydroxylation sites is 2. The first-order chi connectivity index (χ1) is 19.5. The zero-order chi connectivity index (χ0) is 32.3. The summed E-state index contributed by atoms with van der Waals surface area (Å²) in [5.41, 5.74) is 4.30. The second-order valence-corrected chi connectivity index (χ2v) is 11.9. The zero-order valence-electron chi connectivity index (χ0n) is 25.7. The fraction of sp³-hybridized carbons (Fsp3) is 0.400. The Morgan fingerprint density at radius 3 is 1.09 bits per heavy atom. The molecule has 0 aliphatic rings. The first kappa shape index (κ1) is 40.1. The molecule has 43 heavy (non-hydrogen) atoms. The first-order valence-corrected chi connectivity index (χ1v) is 14.9. The number of hydrogen-bond acceptors (Lipinski definition) is 10. The summed E-state index contributed by atoms with van der Waals surface area (Å²) in [6.07, 6.45) is 0. The van der Waals surface area contributed by atoms with Gasteiger partial charge in [0.05, 0.1) is 46.9 Å². The van der Waals surface area contributed by atoms with E-state index in [1.54, 1.807) is 0 Å². The minimum Gasteiger partial charge on any atom is -0.548 e. The van der Waals surface area contributed by atoms with Gasteiger partial charge < -0.3 is 29.6 Å². The van der Waals surface area contributed by atoms with Gasteiger partial charge in [-0.1, -0.05) is 59.9 Å². The van der Waals surface area contributed by atoms with Crippen LogP contribution in [0.1, 0.15) is 49.9 Å². The van der Waals surface area contributed by atoms with E-state index < -0.39 is 35.8 Å². The van der Waals surface area contributed by atoms with Crippen LogP contribution in [0.25, 0.3) is 0 Å². The molecule has 2 unspecified atom stereocenters. The molecule has 0 heterocycles. The van der Waals surface area contributed by atoms with Gasteiger partial charge in [0.1, 0.15) is 0 Å². The molecule has 0 saturated carbocycles. The van der Waals surface area contributed by atoms with Gasteiger partial charge in [-0.05, 0) is 63.8 Å². The van der Waals surface area contributed by atoms with Crippen molar-refractivity contribution in [1.82, 2.24) is 0 Å². The van der Waals surface area contributed by atoms with Crippen LogP contribution < -0.4 is 20.0 Å². The number of benzene rings is 2. The average Bonchev–Trinajstić information content (AvgIpc) is 2.89. The molecule has 2 aromatic carbocycles. The predicted molar refractivity (Wildman–Crippen MR) is 168 cm³/mol. The first-order valence-electron chi connectivity index (χ1n) is 13.0. The topological polar surface area (TPSA) is 155 Å². The van der Waals surface area contributed by atoms with Crippen molar-refractivity contribution in [1.29, 1.82) is 0 Å². The molecule has 228 valence electrons. The van der Waals surface area contributed by atoms with Crippen LogP contribution in [0.2, 0.25) is 0 Å². The van der Waals surface area contributed by atoms with Crippen molar-refractivity contribution in [3.05, 3.63) is 58.7 Å². The summed E-state index contributed by atoms with van der Waals surface area (Å²) in [5.74, 6) is -3.71. The fourth-order valence-electron chi connectivity index (χ4n) is 4.12. The van der Waals surface area contributed by atoms with Crippen LogP contribution in [0.3, 0.4) is 0 Å². The van der Waals surface area contributed by atoms with Crippen LogP contribution in [-0.4, -0.2) is 80.6 Å². The average molecular weight is 641 g/mol. The van der Waals surface area contributed by atoms with E-state index in [9.17, 15) is 39.0 Å². The Hall–Kier alpha value is -2.87. The molecule has 0 bridgehead atoms. The number of hydrogen-bond donors (Lipinski definition) is 0. The molecule has 0 fully saturated rings. The largest absolute Gasteiger partial charge is 2.00 e. The molecule has 0 spiro atoms. The van der Waals surface area contributed by atoms with Gasteiger partial charge in [-0.15, -0.1) is 0 Å². The van der Waals surface area contributed by atoms with Crippen LogP contribution in [0.4, 0.5) is 11.4 Å². The number of aryl methyl sites for hydroxylation is 4. The summed E-state index contributed by atoms with van der Waals surface area (Å²) in [5, 5.41) is 22.0. The third kappa shape index (κ3) is 12.0. The van der Waals surface area contributed by atoms with Crippen LogP contribution >= 0.6 is 23.5 Å². The van der Waals surface area contributed by atoms with E-state index in [2.05, 4.69) is 0 Å². The van der Waals surface area contributed by atoms with Gasteiger partial charge in [-0.3, -0.25) is 19.2 Å². The monoisotopic (exact) mass is 640 g/mol. The van der Waals surface area contributed by atoms with E-state index in [-0.39, 0.29) is 44.8 Å². The van der Waals surface area contributed by atoms with Crippen molar-refractivity contribution < 1.29 is 39.0 Å². The van der Waals surface area contributed by atoms with Crippen molar-refractivity contribution in [2.75, 3.05) is 21.3 Å². The van der Waals surface area contributed by atoms with Gasteiger partial charge in [0.2, 0.25) is 11.8 Å². The van der Waals surface area contributed by atoms with Crippen LogP contribution in [0, 0.1) is 27.7 Å². The molecule has 13 heteroatoms. The molecule has 2 rings (SSSR count). The smallest absolute Gasteiger partial charge is 0.548 e. The summed E-state index contributed by atoms with van der Waals surface area (Å²) in [7, 11) is 0.